The lowest BCUT2D eigenvalue weighted by molar-refractivity contribution is -0.123. The average Bonchev–Trinajstić information content (AvgIpc) is 2.72. The van der Waals surface area contributed by atoms with Crippen LogP contribution in [0.2, 0.25) is 0 Å². The van der Waals surface area contributed by atoms with Gasteiger partial charge >= 0.3 is 0 Å². The molecule has 4 nitrogen and oxygen atoms in total. The molecule has 1 aromatic rings. The zero-order chi connectivity index (χ0) is 12.8. The van der Waals surface area contributed by atoms with Crippen LogP contribution in [0.15, 0.2) is 16.5 Å². The lowest BCUT2D eigenvalue weighted by atomic mass is 10.1. The standard InChI is InChI=1S/C13H22N2O2/c1-4-5-6-11(14)13(16)15-10(3)12-8-7-9(2)17-12/h7-8,10-11H,4-6,14H2,1-3H3,(H,15,16)/t10?,11-/m0/s1. The van der Waals surface area contributed by atoms with Gasteiger partial charge in [-0.1, -0.05) is 19.8 Å². The van der Waals surface area contributed by atoms with Crippen LogP contribution in [0.25, 0.3) is 0 Å². The number of carbonyl (C=O) groups is 1. The van der Waals surface area contributed by atoms with Crippen molar-refractivity contribution < 1.29 is 9.21 Å². The fourth-order valence-electron chi connectivity index (χ4n) is 1.63. The molecule has 0 aliphatic heterocycles. The summed E-state index contributed by atoms with van der Waals surface area (Å²) in [4.78, 5) is 11.8. The molecule has 96 valence electrons. The lowest BCUT2D eigenvalue weighted by Gasteiger charge is -2.15. The maximum absolute atomic E-state index is 11.8. The molecule has 3 N–H and O–H groups in total. The SMILES string of the molecule is CCCC[C@H](N)C(=O)NC(C)c1ccc(C)o1. The van der Waals surface area contributed by atoms with Crippen molar-refractivity contribution in [2.75, 3.05) is 0 Å². The van der Waals surface area contributed by atoms with Crippen LogP contribution in [0.3, 0.4) is 0 Å². The first-order chi connectivity index (χ1) is 8.04. The predicted octanol–water partition coefficient (Wildman–Crippen LogP) is 2.28. The van der Waals surface area contributed by atoms with Crippen LogP contribution in [0, 0.1) is 6.92 Å². The van der Waals surface area contributed by atoms with Crippen molar-refractivity contribution in [2.45, 2.75) is 52.1 Å². The maximum Gasteiger partial charge on any atom is 0.237 e. The Kier molecular flexibility index (Phi) is 5.22. The number of aryl methyl sites for hydroxylation is 1. The molecular weight excluding hydrogens is 216 g/mol. The van der Waals surface area contributed by atoms with Crippen molar-refractivity contribution >= 4 is 5.91 Å². The van der Waals surface area contributed by atoms with E-state index in [-0.39, 0.29) is 11.9 Å². The van der Waals surface area contributed by atoms with Gasteiger partial charge in [0.15, 0.2) is 0 Å². The second-order valence-electron chi connectivity index (χ2n) is 4.43. The first kappa shape index (κ1) is 13.8. The van der Waals surface area contributed by atoms with Crippen LogP contribution >= 0.6 is 0 Å². The van der Waals surface area contributed by atoms with Gasteiger partial charge in [-0.25, -0.2) is 0 Å². The molecule has 1 unspecified atom stereocenters. The van der Waals surface area contributed by atoms with E-state index >= 15 is 0 Å². The molecule has 0 saturated heterocycles. The van der Waals surface area contributed by atoms with Gasteiger partial charge in [-0.05, 0) is 32.4 Å². The highest BCUT2D eigenvalue weighted by Crippen LogP contribution is 2.15. The quantitative estimate of drug-likeness (QED) is 0.799. The molecule has 0 bridgehead atoms. The van der Waals surface area contributed by atoms with Gasteiger partial charge in [0.2, 0.25) is 5.91 Å². The molecule has 17 heavy (non-hydrogen) atoms. The minimum absolute atomic E-state index is 0.111. The zero-order valence-electron chi connectivity index (χ0n) is 10.8. The van der Waals surface area contributed by atoms with E-state index in [9.17, 15) is 4.79 Å². The Morgan fingerprint density at radius 2 is 2.24 bits per heavy atom. The van der Waals surface area contributed by atoms with Crippen molar-refractivity contribution in [3.63, 3.8) is 0 Å². The van der Waals surface area contributed by atoms with Crippen molar-refractivity contribution in [3.05, 3.63) is 23.7 Å². The van der Waals surface area contributed by atoms with E-state index in [1.165, 1.54) is 0 Å². The Morgan fingerprint density at radius 1 is 1.53 bits per heavy atom. The molecule has 1 heterocycles. The molecule has 0 radical (unpaired) electrons. The number of furan rings is 1. The number of nitrogens with two attached hydrogens (primary N) is 1. The number of rotatable bonds is 6. The van der Waals surface area contributed by atoms with Gasteiger partial charge in [-0.15, -0.1) is 0 Å². The highest BCUT2D eigenvalue weighted by Gasteiger charge is 2.17. The molecule has 0 aliphatic carbocycles. The number of amides is 1. The number of nitrogens with one attached hydrogen (secondary N) is 1. The van der Waals surface area contributed by atoms with Crippen LogP contribution < -0.4 is 11.1 Å². The molecule has 1 rings (SSSR count). The average molecular weight is 238 g/mol. The topological polar surface area (TPSA) is 68.3 Å². The molecule has 0 spiro atoms. The highest BCUT2D eigenvalue weighted by atomic mass is 16.3. The third kappa shape index (κ3) is 4.23. The van der Waals surface area contributed by atoms with Crippen molar-refractivity contribution in [1.82, 2.24) is 5.32 Å². The smallest absolute Gasteiger partial charge is 0.237 e. The van der Waals surface area contributed by atoms with E-state index in [1.807, 2.05) is 26.0 Å². The van der Waals surface area contributed by atoms with Crippen LogP contribution in [0.1, 0.15) is 50.7 Å². The monoisotopic (exact) mass is 238 g/mol. The number of carbonyl (C=O) groups excluding carboxylic acids is 1. The lowest BCUT2D eigenvalue weighted by Crippen LogP contribution is -2.41. The first-order valence-electron chi connectivity index (χ1n) is 6.17. The van der Waals surface area contributed by atoms with Gasteiger partial charge in [0.05, 0.1) is 12.1 Å². The fourth-order valence-corrected chi connectivity index (χ4v) is 1.63. The molecule has 0 aromatic carbocycles. The van der Waals surface area contributed by atoms with Crippen molar-refractivity contribution in [1.29, 1.82) is 0 Å². The maximum atomic E-state index is 11.8. The zero-order valence-corrected chi connectivity index (χ0v) is 10.8. The molecule has 0 saturated carbocycles. The Balaban J connectivity index is 2.45. The van der Waals surface area contributed by atoms with Crippen LogP contribution in [-0.2, 0) is 4.79 Å². The molecule has 0 fully saturated rings. The van der Waals surface area contributed by atoms with E-state index in [1.54, 1.807) is 0 Å². The largest absolute Gasteiger partial charge is 0.464 e. The minimum atomic E-state index is -0.423. The summed E-state index contributed by atoms with van der Waals surface area (Å²) in [6, 6.07) is 3.20. The van der Waals surface area contributed by atoms with E-state index < -0.39 is 6.04 Å². The highest BCUT2D eigenvalue weighted by molar-refractivity contribution is 5.81. The molecule has 2 atom stereocenters. The van der Waals surface area contributed by atoms with Crippen molar-refractivity contribution in [2.24, 2.45) is 5.73 Å². The van der Waals surface area contributed by atoms with Gasteiger partial charge in [0.25, 0.3) is 0 Å². The summed E-state index contributed by atoms with van der Waals surface area (Å²) in [5.74, 6) is 1.50. The van der Waals surface area contributed by atoms with Crippen LogP contribution in [0.5, 0.6) is 0 Å². The van der Waals surface area contributed by atoms with E-state index in [0.717, 1.165) is 30.8 Å². The normalized spacial score (nSPS) is 14.4. The summed E-state index contributed by atoms with van der Waals surface area (Å²) in [6.07, 6.45) is 2.75. The Bertz CT molecular complexity index is 360. The fraction of sp³-hybridized carbons (Fsp3) is 0.615. The Hall–Kier alpha value is -1.29. The molecular formula is C13H22N2O2. The predicted molar refractivity (Wildman–Crippen MR) is 67.5 cm³/mol. The van der Waals surface area contributed by atoms with Gasteiger partial charge < -0.3 is 15.5 Å². The minimum Gasteiger partial charge on any atom is -0.464 e. The van der Waals surface area contributed by atoms with Gasteiger partial charge in [-0.3, -0.25) is 4.79 Å². The van der Waals surface area contributed by atoms with Crippen LogP contribution in [0.4, 0.5) is 0 Å². The van der Waals surface area contributed by atoms with Crippen LogP contribution in [-0.4, -0.2) is 11.9 Å². The third-order valence-corrected chi connectivity index (χ3v) is 2.75. The summed E-state index contributed by atoms with van der Waals surface area (Å²) in [6.45, 7) is 5.85. The first-order valence-corrected chi connectivity index (χ1v) is 6.17. The van der Waals surface area contributed by atoms with Gasteiger partial charge in [0, 0.05) is 0 Å². The second-order valence-corrected chi connectivity index (χ2v) is 4.43. The summed E-state index contributed by atoms with van der Waals surface area (Å²) in [5, 5.41) is 2.86. The van der Waals surface area contributed by atoms with E-state index in [0.29, 0.717) is 0 Å². The third-order valence-electron chi connectivity index (χ3n) is 2.75. The van der Waals surface area contributed by atoms with Crippen molar-refractivity contribution in [3.8, 4) is 0 Å². The second kappa shape index (κ2) is 6.45. The van der Waals surface area contributed by atoms with Gasteiger partial charge in [-0.2, -0.15) is 0 Å². The van der Waals surface area contributed by atoms with E-state index in [2.05, 4.69) is 12.2 Å². The molecule has 1 aromatic heterocycles. The van der Waals surface area contributed by atoms with E-state index in [4.69, 9.17) is 10.2 Å². The summed E-state index contributed by atoms with van der Waals surface area (Å²) in [7, 11) is 0. The summed E-state index contributed by atoms with van der Waals surface area (Å²) < 4.78 is 5.45. The number of unbranched alkanes of at least 4 members (excludes halogenated alkanes) is 1. The number of hydrogen-bond donors (Lipinski definition) is 2. The molecule has 0 aliphatic rings. The Labute approximate surface area is 103 Å². The number of hydrogen-bond acceptors (Lipinski definition) is 3. The Morgan fingerprint density at radius 3 is 2.76 bits per heavy atom. The molecule has 4 heteroatoms. The molecule has 1 amide bonds. The summed E-state index contributed by atoms with van der Waals surface area (Å²) in [5.41, 5.74) is 5.79. The summed E-state index contributed by atoms with van der Waals surface area (Å²) >= 11 is 0. The van der Waals surface area contributed by atoms with Gasteiger partial charge in [0.1, 0.15) is 11.5 Å².